The molecule has 0 radical (unpaired) electrons. The van der Waals surface area contributed by atoms with Crippen molar-refractivity contribution in [2.45, 2.75) is 6.42 Å². The number of rotatable bonds is 4. The number of carbonyl (C=O) groups excluding carboxylic acids is 1. The van der Waals surface area contributed by atoms with Crippen molar-refractivity contribution in [2.24, 2.45) is 0 Å². The fraction of sp³-hybridized carbons (Fsp3) is 0.0417. The Balaban J connectivity index is 1.72. The van der Waals surface area contributed by atoms with E-state index in [0.717, 1.165) is 27.7 Å². The van der Waals surface area contributed by atoms with Gasteiger partial charge in [-0.2, -0.15) is 5.26 Å². The minimum atomic E-state index is -0.191. The highest BCUT2D eigenvalue weighted by atomic mass is 16.1. The van der Waals surface area contributed by atoms with Crippen molar-refractivity contribution in [1.82, 2.24) is 4.98 Å². The maximum absolute atomic E-state index is 13.0. The van der Waals surface area contributed by atoms with Crippen molar-refractivity contribution in [2.75, 3.05) is 5.32 Å². The average molecular weight is 363 g/mol. The molecule has 4 aromatic rings. The van der Waals surface area contributed by atoms with Crippen molar-refractivity contribution in [1.29, 1.82) is 5.26 Å². The second kappa shape index (κ2) is 7.73. The number of nitriles is 1. The first-order chi connectivity index (χ1) is 13.7. The number of fused-ring (bicyclic) bond motifs is 1. The first-order valence-electron chi connectivity index (χ1n) is 8.97. The summed E-state index contributed by atoms with van der Waals surface area (Å²) in [6.45, 7) is 0. The number of benzene rings is 3. The summed E-state index contributed by atoms with van der Waals surface area (Å²) in [5, 5.41) is 12.5. The van der Waals surface area contributed by atoms with Gasteiger partial charge in [-0.05, 0) is 29.8 Å². The molecule has 0 saturated heterocycles. The van der Waals surface area contributed by atoms with Crippen LogP contribution in [0.15, 0.2) is 84.9 Å². The van der Waals surface area contributed by atoms with Crippen molar-refractivity contribution in [3.8, 4) is 17.3 Å². The minimum absolute atomic E-state index is 0.191. The van der Waals surface area contributed by atoms with Crippen LogP contribution in [0.1, 0.15) is 15.9 Å². The Labute approximate surface area is 163 Å². The Morgan fingerprint density at radius 2 is 1.64 bits per heavy atom. The summed E-state index contributed by atoms with van der Waals surface area (Å²) >= 11 is 0. The van der Waals surface area contributed by atoms with E-state index in [4.69, 9.17) is 10.2 Å². The zero-order valence-electron chi connectivity index (χ0n) is 15.1. The highest BCUT2D eigenvalue weighted by molar-refractivity contribution is 6.13. The molecule has 3 aromatic carbocycles. The first kappa shape index (κ1) is 17.4. The summed E-state index contributed by atoms with van der Waals surface area (Å²) in [6, 6.07) is 28.7. The van der Waals surface area contributed by atoms with Crippen molar-refractivity contribution >= 4 is 22.5 Å². The van der Waals surface area contributed by atoms with E-state index in [1.54, 1.807) is 0 Å². The fourth-order valence-electron chi connectivity index (χ4n) is 3.12. The molecule has 0 unspecified atom stereocenters. The van der Waals surface area contributed by atoms with Crippen LogP contribution in [0.25, 0.3) is 22.2 Å². The summed E-state index contributed by atoms with van der Waals surface area (Å²) in [5.74, 6) is -0.191. The van der Waals surface area contributed by atoms with Gasteiger partial charge in [0.25, 0.3) is 5.91 Å². The molecule has 0 bridgehead atoms. The number of carbonyl (C=O) groups is 1. The molecule has 1 amide bonds. The number of amides is 1. The fourth-order valence-corrected chi connectivity index (χ4v) is 3.12. The molecule has 1 heterocycles. The van der Waals surface area contributed by atoms with Crippen molar-refractivity contribution in [3.05, 3.63) is 96.1 Å². The Morgan fingerprint density at radius 1 is 0.929 bits per heavy atom. The van der Waals surface area contributed by atoms with Crippen LogP contribution < -0.4 is 5.32 Å². The zero-order valence-corrected chi connectivity index (χ0v) is 15.1. The summed E-state index contributed by atoms with van der Waals surface area (Å²) < 4.78 is 0. The van der Waals surface area contributed by atoms with Gasteiger partial charge in [-0.1, -0.05) is 60.7 Å². The SMILES string of the molecule is N#CCc1ccc(NC(=O)c2cc(-c3ccccc3)nc3ccccc23)cc1. The number of pyridine rings is 1. The Morgan fingerprint density at radius 3 is 2.39 bits per heavy atom. The van der Waals surface area contributed by atoms with Gasteiger partial charge in [0.15, 0.2) is 0 Å². The van der Waals surface area contributed by atoms with Crippen LogP contribution in [0.5, 0.6) is 0 Å². The molecule has 0 saturated carbocycles. The maximum Gasteiger partial charge on any atom is 0.256 e. The normalized spacial score (nSPS) is 10.4. The highest BCUT2D eigenvalue weighted by Crippen LogP contribution is 2.25. The summed E-state index contributed by atoms with van der Waals surface area (Å²) in [6.07, 6.45) is 0.351. The number of aromatic nitrogens is 1. The molecule has 28 heavy (non-hydrogen) atoms. The van der Waals surface area contributed by atoms with Crippen molar-refractivity contribution < 1.29 is 4.79 Å². The smallest absolute Gasteiger partial charge is 0.256 e. The zero-order chi connectivity index (χ0) is 19.3. The van der Waals surface area contributed by atoms with Crippen molar-refractivity contribution in [3.63, 3.8) is 0 Å². The molecular weight excluding hydrogens is 346 g/mol. The molecule has 1 aromatic heterocycles. The molecule has 0 fully saturated rings. The summed E-state index contributed by atoms with van der Waals surface area (Å²) in [4.78, 5) is 17.7. The molecular formula is C24H17N3O. The lowest BCUT2D eigenvalue weighted by Gasteiger charge is -2.11. The average Bonchev–Trinajstić information content (AvgIpc) is 2.75. The topological polar surface area (TPSA) is 65.8 Å². The largest absolute Gasteiger partial charge is 0.322 e. The molecule has 0 aliphatic heterocycles. The van der Waals surface area contributed by atoms with E-state index in [1.807, 2.05) is 84.9 Å². The van der Waals surface area contributed by atoms with E-state index in [-0.39, 0.29) is 5.91 Å². The Hall–Kier alpha value is -3.97. The number of hydrogen-bond donors (Lipinski definition) is 1. The Kier molecular flexibility index (Phi) is 4.81. The van der Waals surface area contributed by atoms with Crippen LogP contribution >= 0.6 is 0 Å². The molecule has 0 atom stereocenters. The van der Waals surface area contributed by atoms with E-state index in [1.165, 1.54) is 0 Å². The third kappa shape index (κ3) is 3.60. The van der Waals surface area contributed by atoms with Crippen LogP contribution in [-0.4, -0.2) is 10.9 Å². The number of nitrogens with one attached hydrogen (secondary N) is 1. The predicted octanol–water partition coefficient (Wildman–Crippen LogP) is 5.22. The van der Waals surface area contributed by atoms with E-state index >= 15 is 0 Å². The quantitative estimate of drug-likeness (QED) is 0.540. The predicted molar refractivity (Wildman–Crippen MR) is 111 cm³/mol. The van der Waals surface area contributed by atoms with Gasteiger partial charge in [-0.15, -0.1) is 0 Å². The molecule has 4 nitrogen and oxygen atoms in total. The van der Waals surface area contributed by atoms with Crippen LogP contribution in [0, 0.1) is 11.3 Å². The van der Waals surface area contributed by atoms with Gasteiger partial charge in [0.2, 0.25) is 0 Å². The van der Waals surface area contributed by atoms with E-state index in [9.17, 15) is 4.79 Å². The molecule has 134 valence electrons. The van der Waals surface area contributed by atoms with Gasteiger partial charge in [0, 0.05) is 16.6 Å². The lowest BCUT2D eigenvalue weighted by Crippen LogP contribution is -2.13. The number of anilines is 1. The molecule has 4 rings (SSSR count). The van der Waals surface area contributed by atoms with Gasteiger partial charge >= 0.3 is 0 Å². The van der Waals surface area contributed by atoms with Crippen LogP contribution in [-0.2, 0) is 6.42 Å². The highest BCUT2D eigenvalue weighted by Gasteiger charge is 2.14. The molecule has 0 spiro atoms. The first-order valence-corrected chi connectivity index (χ1v) is 8.97. The minimum Gasteiger partial charge on any atom is -0.322 e. The van der Waals surface area contributed by atoms with Crippen LogP contribution in [0.3, 0.4) is 0 Å². The molecule has 0 aliphatic rings. The van der Waals surface area contributed by atoms with Gasteiger partial charge < -0.3 is 5.32 Å². The van der Waals surface area contributed by atoms with Crippen LogP contribution in [0.2, 0.25) is 0 Å². The lowest BCUT2D eigenvalue weighted by molar-refractivity contribution is 0.102. The monoisotopic (exact) mass is 363 g/mol. The van der Waals surface area contributed by atoms with Crippen LogP contribution in [0.4, 0.5) is 5.69 Å². The van der Waals surface area contributed by atoms with Gasteiger partial charge in [-0.25, -0.2) is 4.98 Å². The standard InChI is InChI=1S/C24H17N3O/c25-15-14-17-10-12-19(13-11-17)26-24(28)21-16-23(18-6-2-1-3-7-18)27-22-9-5-4-8-20(21)22/h1-13,16H,14H2,(H,26,28). The second-order valence-corrected chi connectivity index (χ2v) is 6.42. The lowest BCUT2D eigenvalue weighted by atomic mass is 10.0. The van der Waals surface area contributed by atoms with Gasteiger partial charge in [-0.3, -0.25) is 4.79 Å². The second-order valence-electron chi connectivity index (χ2n) is 6.42. The van der Waals surface area contributed by atoms with E-state index < -0.39 is 0 Å². The number of nitrogens with zero attached hydrogens (tertiary/aromatic N) is 2. The van der Waals surface area contributed by atoms with Gasteiger partial charge in [0.05, 0.1) is 29.3 Å². The third-order valence-electron chi connectivity index (χ3n) is 4.53. The summed E-state index contributed by atoms with van der Waals surface area (Å²) in [7, 11) is 0. The molecule has 1 N–H and O–H groups in total. The maximum atomic E-state index is 13.0. The Bertz CT molecular complexity index is 1180. The molecule has 4 heteroatoms. The van der Waals surface area contributed by atoms with E-state index in [0.29, 0.717) is 17.7 Å². The number of para-hydroxylation sites is 1. The third-order valence-corrected chi connectivity index (χ3v) is 4.53. The van der Waals surface area contributed by atoms with E-state index in [2.05, 4.69) is 11.4 Å². The van der Waals surface area contributed by atoms with Gasteiger partial charge in [0.1, 0.15) is 0 Å². The number of hydrogen-bond acceptors (Lipinski definition) is 3. The molecule has 0 aliphatic carbocycles. The summed E-state index contributed by atoms with van der Waals surface area (Å²) in [5.41, 5.74) is 4.68.